The lowest BCUT2D eigenvalue weighted by Crippen LogP contribution is -2.39. The molecule has 2 heterocycles. The molecule has 150 valence electrons. The van der Waals surface area contributed by atoms with Gasteiger partial charge in [-0.25, -0.2) is 8.42 Å². The first-order valence-electron chi connectivity index (χ1n) is 9.12. The fraction of sp³-hybridized carbons (Fsp3) is 0.421. The van der Waals surface area contributed by atoms with Crippen LogP contribution in [0.3, 0.4) is 0 Å². The Labute approximate surface area is 178 Å². The molecule has 2 aliphatic rings. The molecule has 0 atom stereocenters. The summed E-state index contributed by atoms with van der Waals surface area (Å²) in [5.74, 6) is 1.25. The molecule has 9 heteroatoms. The van der Waals surface area contributed by atoms with Crippen LogP contribution in [0.1, 0.15) is 28.1 Å². The summed E-state index contributed by atoms with van der Waals surface area (Å²) in [6.45, 7) is 1.47. The number of thiophene rings is 1. The number of hydrogen-bond donors (Lipinski definition) is 1. The van der Waals surface area contributed by atoms with Crippen molar-refractivity contribution in [1.82, 2.24) is 9.62 Å². The lowest BCUT2D eigenvalue weighted by molar-refractivity contribution is 0.0950. The summed E-state index contributed by atoms with van der Waals surface area (Å²) in [4.78, 5) is 13.2. The van der Waals surface area contributed by atoms with Crippen molar-refractivity contribution in [1.29, 1.82) is 0 Å². The van der Waals surface area contributed by atoms with Crippen molar-refractivity contribution in [2.75, 3.05) is 31.1 Å². The molecule has 28 heavy (non-hydrogen) atoms. The van der Waals surface area contributed by atoms with E-state index in [1.807, 2.05) is 24.3 Å². The average molecular weight is 457 g/mol. The van der Waals surface area contributed by atoms with Crippen molar-refractivity contribution in [3.63, 3.8) is 0 Å². The number of carbonyl (C=O) groups excluding carboxylic acids is 1. The van der Waals surface area contributed by atoms with Crippen LogP contribution in [0.15, 0.2) is 40.6 Å². The molecule has 2 fully saturated rings. The van der Waals surface area contributed by atoms with Gasteiger partial charge in [0, 0.05) is 41.6 Å². The molecule has 1 saturated carbocycles. The minimum atomic E-state index is -3.63. The molecule has 1 amide bonds. The van der Waals surface area contributed by atoms with Gasteiger partial charge in [-0.05, 0) is 42.0 Å². The van der Waals surface area contributed by atoms with Crippen LogP contribution in [0, 0.1) is 0 Å². The van der Waals surface area contributed by atoms with Crippen LogP contribution in [-0.2, 0) is 15.4 Å². The molecule has 2 aromatic rings. The Bertz CT molecular complexity index is 963. The largest absolute Gasteiger partial charge is 0.350 e. The van der Waals surface area contributed by atoms with Gasteiger partial charge in [0.25, 0.3) is 5.91 Å². The van der Waals surface area contributed by atoms with E-state index in [0.717, 1.165) is 29.9 Å². The van der Waals surface area contributed by atoms with Crippen LogP contribution in [0.4, 0.5) is 0 Å². The van der Waals surface area contributed by atoms with E-state index < -0.39 is 10.0 Å². The van der Waals surface area contributed by atoms with Gasteiger partial charge in [0.1, 0.15) is 9.77 Å². The quantitative estimate of drug-likeness (QED) is 0.721. The summed E-state index contributed by atoms with van der Waals surface area (Å²) in [6, 6.07) is 9.26. The number of nitrogens with zero attached hydrogens (tertiary/aromatic N) is 1. The lowest BCUT2D eigenvalue weighted by atomic mass is 9.96. The Kier molecular flexibility index (Phi) is 5.77. The van der Waals surface area contributed by atoms with Gasteiger partial charge in [0.05, 0.1) is 0 Å². The highest BCUT2D eigenvalue weighted by molar-refractivity contribution is 7.99. The maximum Gasteiger partial charge on any atom is 0.262 e. The number of benzene rings is 1. The normalized spacial score (nSPS) is 19.3. The zero-order valence-corrected chi connectivity index (χ0v) is 18.4. The first-order chi connectivity index (χ1) is 13.4. The number of rotatable bonds is 6. The van der Waals surface area contributed by atoms with Gasteiger partial charge in [0.2, 0.25) is 10.0 Å². The van der Waals surface area contributed by atoms with E-state index in [9.17, 15) is 13.2 Å². The van der Waals surface area contributed by atoms with Crippen molar-refractivity contribution in [2.24, 2.45) is 0 Å². The molecule has 0 spiro atoms. The maximum atomic E-state index is 13.0. The minimum Gasteiger partial charge on any atom is -0.350 e. The predicted octanol–water partition coefficient (Wildman–Crippen LogP) is 3.60. The van der Waals surface area contributed by atoms with Gasteiger partial charge in [-0.3, -0.25) is 4.79 Å². The maximum absolute atomic E-state index is 13.0. The topological polar surface area (TPSA) is 66.5 Å². The molecule has 1 N–H and O–H groups in total. The highest BCUT2D eigenvalue weighted by Crippen LogP contribution is 2.47. The number of hydrogen-bond acceptors (Lipinski definition) is 5. The second-order valence-corrected chi connectivity index (χ2v) is 11.6. The van der Waals surface area contributed by atoms with E-state index in [-0.39, 0.29) is 21.1 Å². The van der Waals surface area contributed by atoms with Gasteiger partial charge >= 0.3 is 0 Å². The highest BCUT2D eigenvalue weighted by Gasteiger charge is 2.44. The van der Waals surface area contributed by atoms with Crippen LogP contribution >= 0.6 is 34.7 Å². The number of halogens is 1. The lowest BCUT2D eigenvalue weighted by Gasteiger charge is -2.25. The third kappa shape index (κ3) is 3.98. The molecule has 5 nitrogen and oxygen atoms in total. The number of nitrogens with one attached hydrogen (secondary N) is 1. The summed E-state index contributed by atoms with van der Waals surface area (Å²) in [7, 11) is -3.63. The predicted molar refractivity (Wildman–Crippen MR) is 115 cm³/mol. The number of carbonyl (C=O) groups is 1. The second-order valence-electron chi connectivity index (χ2n) is 7.10. The summed E-state index contributed by atoms with van der Waals surface area (Å²) in [6.07, 6.45) is 1.99. The van der Waals surface area contributed by atoms with Crippen molar-refractivity contribution in [2.45, 2.75) is 23.2 Å². The van der Waals surface area contributed by atoms with Gasteiger partial charge < -0.3 is 5.32 Å². The molecule has 0 bridgehead atoms. The first-order valence-corrected chi connectivity index (χ1v) is 13.0. The van der Waals surface area contributed by atoms with Crippen LogP contribution in [0.5, 0.6) is 0 Å². The molecule has 0 radical (unpaired) electrons. The van der Waals surface area contributed by atoms with E-state index in [4.69, 9.17) is 11.6 Å². The standard InChI is InChI=1S/C19H21ClN2O3S3/c20-15-3-1-14(2-4-15)19(6-7-19)13-21-18(23)17-16(5-10-27-17)28(24,25)22-8-11-26-12-9-22/h1-5,10H,6-9,11-13H2,(H,21,23). The molecule has 1 aliphatic heterocycles. The Hall–Kier alpha value is -1.06. The Morgan fingerprint density at radius 3 is 2.46 bits per heavy atom. The van der Waals surface area contributed by atoms with Crippen molar-refractivity contribution >= 4 is 50.6 Å². The summed E-state index contributed by atoms with van der Waals surface area (Å²) >= 11 is 8.90. The smallest absolute Gasteiger partial charge is 0.262 e. The highest BCUT2D eigenvalue weighted by atomic mass is 35.5. The van der Waals surface area contributed by atoms with Gasteiger partial charge in [-0.1, -0.05) is 23.7 Å². The van der Waals surface area contributed by atoms with E-state index in [0.29, 0.717) is 24.7 Å². The van der Waals surface area contributed by atoms with Crippen molar-refractivity contribution < 1.29 is 13.2 Å². The van der Waals surface area contributed by atoms with Crippen LogP contribution in [0.25, 0.3) is 0 Å². The molecule has 1 aromatic heterocycles. The Morgan fingerprint density at radius 1 is 1.14 bits per heavy atom. The molecule has 0 unspecified atom stereocenters. The van der Waals surface area contributed by atoms with Crippen molar-refractivity contribution in [3.05, 3.63) is 51.2 Å². The second kappa shape index (κ2) is 7.99. The van der Waals surface area contributed by atoms with E-state index >= 15 is 0 Å². The number of sulfonamides is 1. The van der Waals surface area contributed by atoms with Gasteiger partial charge in [-0.15, -0.1) is 11.3 Å². The number of thioether (sulfide) groups is 1. The molecule has 4 rings (SSSR count). The van der Waals surface area contributed by atoms with E-state index in [1.165, 1.54) is 15.6 Å². The molecular weight excluding hydrogens is 436 g/mol. The van der Waals surface area contributed by atoms with Crippen LogP contribution in [-0.4, -0.2) is 49.8 Å². The van der Waals surface area contributed by atoms with Gasteiger partial charge in [0.15, 0.2) is 0 Å². The van der Waals surface area contributed by atoms with Crippen molar-refractivity contribution in [3.8, 4) is 0 Å². The van der Waals surface area contributed by atoms with Gasteiger partial charge in [-0.2, -0.15) is 16.1 Å². The SMILES string of the molecule is O=C(NCC1(c2ccc(Cl)cc2)CC1)c1sccc1S(=O)(=O)N1CCSCC1. The Morgan fingerprint density at radius 2 is 1.82 bits per heavy atom. The van der Waals surface area contributed by atoms with Crippen LogP contribution in [0.2, 0.25) is 5.02 Å². The minimum absolute atomic E-state index is 0.0688. The third-order valence-corrected chi connectivity index (χ3v) is 9.50. The monoisotopic (exact) mass is 456 g/mol. The fourth-order valence-electron chi connectivity index (χ4n) is 3.44. The Balaban J connectivity index is 1.48. The zero-order chi connectivity index (χ0) is 19.8. The first kappa shape index (κ1) is 20.2. The molecule has 1 aliphatic carbocycles. The van der Waals surface area contributed by atoms with Crippen LogP contribution < -0.4 is 5.32 Å². The van der Waals surface area contributed by atoms with E-state index in [1.54, 1.807) is 23.2 Å². The zero-order valence-electron chi connectivity index (χ0n) is 15.2. The fourth-order valence-corrected chi connectivity index (χ4v) is 7.46. The summed E-state index contributed by atoms with van der Waals surface area (Å²) < 4.78 is 27.4. The summed E-state index contributed by atoms with van der Waals surface area (Å²) in [5.41, 5.74) is 1.09. The van der Waals surface area contributed by atoms with E-state index in [2.05, 4.69) is 5.32 Å². The summed E-state index contributed by atoms with van der Waals surface area (Å²) in [5, 5.41) is 5.33. The number of amides is 1. The molecular formula is C19H21ClN2O3S3. The third-order valence-electron chi connectivity index (χ3n) is 5.32. The average Bonchev–Trinajstić information content (AvgIpc) is 3.32. The molecule has 1 saturated heterocycles. The molecule has 1 aromatic carbocycles.